The van der Waals surface area contributed by atoms with Crippen molar-refractivity contribution in [2.24, 2.45) is 11.3 Å². The Kier molecular flexibility index (Phi) is 5.08. The Bertz CT molecular complexity index is 243. The maximum atomic E-state index is 3.60. The van der Waals surface area contributed by atoms with Crippen LogP contribution in [0.5, 0.6) is 0 Å². The van der Waals surface area contributed by atoms with Crippen molar-refractivity contribution in [1.29, 1.82) is 0 Å². The first-order chi connectivity index (χ1) is 8.63. The van der Waals surface area contributed by atoms with Crippen LogP contribution in [-0.2, 0) is 0 Å². The normalized spacial score (nSPS) is 28.3. The number of nitrogens with one attached hydrogen (secondary N) is 1. The van der Waals surface area contributed by atoms with Gasteiger partial charge in [0.25, 0.3) is 0 Å². The fraction of sp³-hybridized carbons (Fsp3) is 1.00. The van der Waals surface area contributed by atoms with Crippen LogP contribution in [0.3, 0.4) is 0 Å². The summed E-state index contributed by atoms with van der Waals surface area (Å²) in [6.07, 6.45) is 8.70. The van der Waals surface area contributed by atoms with Crippen LogP contribution in [0.4, 0.5) is 0 Å². The Hall–Kier alpha value is -0.0800. The third kappa shape index (κ3) is 3.71. The minimum atomic E-state index is 0.635. The molecule has 0 amide bonds. The zero-order valence-corrected chi connectivity index (χ0v) is 12.7. The Morgan fingerprint density at radius 3 is 2.61 bits per heavy atom. The van der Waals surface area contributed by atoms with Gasteiger partial charge < -0.3 is 10.2 Å². The molecule has 1 aliphatic carbocycles. The first-order valence-electron chi connectivity index (χ1n) is 8.09. The highest BCUT2D eigenvalue weighted by atomic mass is 15.2. The third-order valence-electron chi connectivity index (χ3n) is 5.16. The molecule has 1 aliphatic heterocycles. The van der Waals surface area contributed by atoms with E-state index >= 15 is 0 Å². The molecule has 0 aromatic carbocycles. The third-order valence-corrected chi connectivity index (χ3v) is 5.16. The molecule has 0 bridgehead atoms. The van der Waals surface area contributed by atoms with Crippen molar-refractivity contribution in [3.63, 3.8) is 0 Å². The summed E-state index contributed by atoms with van der Waals surface area (Å²) in [6, 6.07) is 0.635. The minimum absolute atomic E-state index is 0.635. The van der Waals surface area contributed by atoms with E-state index in [0.29, 0.717) is 11.5 Å². The van der Waals surface area contributed by atoms with Crippen LogP contribution in [0, 0.1) is 11.3 Å². The van der Waals surface area contributed by atoms with Gasteiger partial charge in [0, 0.05) is 19.1 Å². The molecule has 1 N–H and O–H groups in total. The van der Waals surface area contributed by atoms with Crippen LogP contribution < -0.4 is 5.32 Å². The minimum Gasteiger partial charge on any atom is -0.314 e. The fourth-order valence-electron chi connectivity index (χ4n) is 3.85. The van der Waals surface area contributed by atoms with E-state index in [-0.39, 0.29) is 0 Å². The van der Waals surface area contributed by atoms with Gasteiger partial charge in [0.1, 0.15) is 0 Å². The van der Waals surface area contributed by atoms with Crippen LogP contribution in [0.15, 0.2) is 0 Å². The van der Waals surface area contributed by atoms with Gasteiger partial charge >= 0.3 is 0 Å². The predicted octanol–water partition coefficient (Wildman–Crippen LogP) is 3.28. The van der Waals surface area contributed by atoms with E-state index in [2.05, 4.69) is 31.0 Å². The van der Waals surface area contributed by atoms with Crippen LogP contribution in [0.2, 0.25) is 0 Å². The highest BCUT2D eigenvalue weighted by Gasteiger charge is 2.35. The Labute approximate surface area is 114 Å². The molecule has 1 atom stereocenters. The average molecular weight is 252 g/mol. The highest BCUT2D eigenvalue weighted by Crippen LogP contribution is 2.42. The molecule has 2 nitrogen and oxygen atoms in total. The molecular weight excluding hydrogens is 220 g/mol. The molecule has 1 heterocycles. The zero-order valence-electron chi connectivity index (χ0n) is 12.7. The average Bonchev–Trinajstić information content (AvgIpc) is 2.97. The Morgan fingerprint density at radius 1 is 1.28 bits per heavy atom. The maximum absolute atomic E-state index is 3.60. The van der Waals surface area contributed by atoms with Gasteiger partial charge in [0.15, 0.2) is 0 Å². The largest absolute Gasteiger partial charge is 0.314 e. The molecule has 0 radical (unpaired) electrons. The van der Waals surface area contributed by atoms with E-state index in [9.17, 15) is 0 Å². The lowest BCUT2D eigenvalue weighted by molar-refractivity contribution is 0.166. The maximum Gasteiger partial charge on any atom is 0.00380 e. The second-order valence-electron chi connectivity index (χ2n) is 7.01. The van der Waals surface area contributed by atoms with Crippen molar-refractivity contribution in [3.05, 3.63) is 0 Å². The lowest BCUT2D eigenvalue weighted by Gasteiger charge is -2.32. The van der Waals surface area contributed by atoms with Crippen molar-refractivity contribution in [2.75, 3.05) is 26.2 Å². The molecule has 1 unspecified atom stereocenters. The lowest BCUT2D eigenvalue weighted by atomic mass is 9.83. The van der Waals surface area contributed by atoms with E-state index < -0.39 is 0 Å². The van der Waals surface area contributed by atoms with Gasteiger partial charge in [0.05, 0.1) is 0 Å². The van der Waals surface area contributed by atoms with Crippen molar-refractivity contribution in [1.82, 2.24) is 10.2 Å². The van der Waals surface area contributed by atoms with Gasteiger partial charge in [-0.2, -0.15) is 0 Å². The molecule has 0 aromatic heterocycles. The molecule has 1 saturated heterocycles. The summed E-state index contributed by atoms with van der Waals surface area (Å²) < 4.78 is 0. The summed E-state index contributed by atoms with van der Waals surface area (Å²) in [5.41, 5.74) is 0.681. The Morgan fingerprint density at radius 2 is 2.00 bits per heavy atom. The molecule has 2 fully saturated rings. The molecule has 0 aromatic rings. The molecule has 2 heteroatoms. The van der Waals surface area contributed by atoms with Gasteiger partial charge in [-0.15, -0.1) is 0 Å². The molecule has 2 rings (SSSR count). The summed E-state index contributed by atoms with van der Waals surface area (Å²) in [5, 5.41) is 3.60. The van der Waals surface area contributed by atoms with Crippen molar-refractivity contribution in [2.45, 2.75) is 65.3 Å². The highest BCUT2D eigenvalue weighted by molar-refractivity contribution is 4.89. The molecule has 18 heavy (non-hydrogen) atoms. The number of rotatable bonds is 6. The predicted molar refractivity (Wildman–Crippen MR) is 78.9 cm³/mol. The summed E-state index contributed by atoms with van der Waals surface area (Å²) in [6.45, 7) is 12.2. The van der Waals surface area contributed by atoms with Crippen LogP contribution in [0.1, 0.15) is 59.3 Å². The topological polar surface area (TPSA) is 15.3 Å². The van der Waals surface area contributed by atoms with Gasteiger partial charge in [0.2, 0.25) is 0 Å². The zero-order chi connectivity index (χ0) is 13.0. The molecule has 0 spiro atoms. The second kappa shape index (κ2) is 6.38. The van der Waals surface area contributed by atoms with Gasteiger partial charge in [-0.3, -0.25) is 0 Å². The second-order valence-corrected chi connectivity index (χ2v) is 7.01. The smallest absolute Gasteiger partial charge is 0.00380 e. The number of hydrogen-bond acceptors (Lipinski definition) is 2. The SMILES string of the molecule is CCC1(CN2CCC(CNC(C)C)C2)CCCC1. The number of likely N-dealkylation sites (tertiary alicyclic amines) is 1. The molecule has 1 saturated carbocycles. The van der Waals surface area contributed by atoms with Crippen molar-refractivity contribution < 1.29 is 0 Å². The van der Waals surface area contributed by atoms with E-state index in [0.717, 1.165) is 5.92 Å². The monoisotopic (exact) mass is 252 g/mol. The van der Waals surface area contributed by atoms with Crippen molar-refractivity contribution >= 4 is 0 Å². The summed E-state index contributed by atoms with van der Waals surface area (Å²) >= 11 is 0. The first kappa shape index (κ1) is 14.3. The van der Waals surface area contributed by atoms with Crippen LogP contribution in [-0.4, -0.2) is 37.1 Å². The summed E-state index contributed by atoms with van der Waals surface area (Å²) in [7, 11) is 0. The molecule has 2 aliphatic rings. The van der Waals surface area contributed by atoms with E-state index in [1.165, 1.54) is 64.7 Å². The Balaban J connectivity index is 1.75. The van der Waals surface area contributed by atoms with E-state index in [1.807, 2.05) is 0 Å². The van der Waals surface area contributed by atoms with E-state index in [4.69, 9.17) is 0 Å². The van der Waals surface area contributed by atoms with Crippen LogP contribution >= 0.6 is 0 Å². The molecule has 106 valence electrons. The quantitative estimate of drug-likeness (QED) is 0.780. The number of nitrogens with zero attached hydrogens (tertiary/aromatic N) is 1. The standard InChI is InChI=1S/C16H32N2/c1-4-16(8-5-6-9-16)13-18-10-7-15(12-18)11-17-14(2)3/h14-15,17H,4-13H2,1-3H3. The first-order valence-corrected chi connectivity index (χ1v) is 8.09. The van der Waals surface area contributed by atoms with Gasteiger partial charge in [-0.25, -0.2) is 0 Å². The molecular formula is C16H32N2. The fourth-order valence-corrected chi connectivity index (χ4v) is 3.85. The van der Waals surface area contributed by atoms with E-state index in [1.54, 1.807) is 0 Å². The van der Waals surface area contributed by atoms with Crippen molar-refractivity contribution in [3.8, 4) is 0 Å². The lowest BCUT2D eigenvalue weighted by Crippen LogP contribution is -2.36. The van der Waals surface area contributed by atoms with Gasteiger partial charge in [-0.05, 0) is 50.1 Å². The number of hydrogen-bond donors (Lipinski definition) is 1. The summed E-state index contributed by atoms with van der Waals surface area (Å²) in [5.74, 6) is 0.891. The summed E-state index contributed by atoms with van der Waals surface area (Å²) in [4.78, 5) is 2.75. The van der Waals surface area contributed by atoms with Crippen LogP contribution in [0.25, 0.3) is 0 Å². The van der Waals surface area contributed by atoms with Gasteiger partial charge in [-0.1, -0.05) is 33.6 Å².